The summed E-state index contributed by atoms with van der Waals surface area (Å²) in [5, 5.41) is 156. The average molecular weight is 1280 g/mol. The summed E-state index contributed by atoms with van der Waals surface area (Å²) in [6.07, 6.45) is -41.5. The minimum Gasteiger partial charge on any atom is -0.394 e. The second-order valence-corrected chi connectivity index (χ2v) is 27.9. The van der Waals surface area contributed by atoms with E-state index in [1.807, 2.05) is 0 Å². The first-order valence-electron chi connectivity index (χ1n) is 30.6. The number of carbonyl (C=O) groups excluding carboxylic acids is 1. The SMILES string of the molecule is CC(C)C(O)C(=O)C[C@@H](C)[C@H]1CC[C@H]2[C@@H]3C[C@H](O[C@@H]4O[C@H](C)[C@@H](O)[C@H](O[C@@H]5O[C@H](CO)[C@@H](O[C@@H]6O[C@H](CO)[C@@H](O)[C@H](O)[C@H]6O[C@@H]6O[C@H](C)[C@H](O)[C@H](O)[C@H]6O)[C@H](O)[C@H]5O[C@@H]5O[C@H](C)[C@@H](O)[C@H](O)[C@H]5O)[C@H]4O)[C@H]4C[C@@H](OS(=O)(=O)O)CC[C@]4(C)C3=CC[C@]12C. The van der Waals surface area contributed by atoms with Gasteiger partial charge in [-0.05, 0) is 112 Å². The van der Waals surface area contributed by atoms with Crippen LogP contribution in [0.2, 0.25) is 0 Å². The number of hydrogen-bond donors (Lipinski definition) is 15. The third-order valence-corrected chi connectivity index (χ3v) is 21.5. The number of fused-ring (bicyclic) bond motifs is 5. The summed E-state index contributed by atoms with van der Waals surface area (Å²) in [4.78, 5) is 13.3. The lowest BCUT2D eigenvalue weighted by molar-refractivity contribution is -0.409. The molecule has 0 radical (unpaired) electrons. The summed E-state index contributed by atoms with van der Waals surface area (Å²) in [6, 6.07) is 0. The van der Waals surface area contributed by atoms with E-state index in [-0.39, 0.29) is 60.1 Å². The van der Waals surface area contributed by atoms with Crippen molar-refractivity contribution in [2.75, 3.05) is 13.2 Å². The van der Waals surface area contributed by atoms with E-state index >= 15 is 0 Å². The molecule has 35 atom stereocenters. The molecule has 0 aromatic heterocycles. The molecule has 8 fully saturated rings. The van der Waals surface area contributed by atoms with Crippen LogP contribution in [0.15, 0.2) is 11.6 Å². The number of Topliss-reactive ketones (excluding diaryl/α,β-unsaturated/α-hetero) is 1. The third-order valence-electron chi connectivity index (χ3n) is 21.0. The fraction of sp³-hybridized carbons (Fsp3) is 0.947. The van der Waals surface area contributed by atoms with Gasteiger partial charge in [-0.2, -0.15) is 8.42 Å². The predicted molar refractivity (Wildman–Crippen MR) is 292 cm³/mol. The van der Waals surface area contributed by atoms with E-state index in [0.29, 0.717) is 19.3 Å². The summed E-state index contributed by atoms with van der Waals surface area (Å²) >= 11 is 0. The van der Waals surface area contributed by atoms with Gasteiger partial charge in [0.1, 0.15) is 110 Å². The van der Waals surface area contributed by atoms with Gasteiger partial charge in [0.05, 0.1) is 43.7 Å². The molecule has 4 aliphatic carbocycles. The van der Waals surface area contributed by atoms with E-state index in [1.165, 1.54) is 26.3 Å². The first kappa shape index (κ1) is 69.7. The van der Waals surface area contributed by atoms with Crippen molar-refractivity contribution in [2.45, 2.75) is 279 Å². The molecule has 9 aliphatic rings. The number of allylic oxidation sites excluding steroid dienone is 2. The monoisotopic (exact) mass is 1270 g/mol. The number of ether oxygens (including phenoxy) is 10. The quantitative estimate of drug-likeness (QED) is 0.0441. The Balaban J connectivity index is 1.00. The summed E-state index contributed by atoms with van der Waals surface area (Å²) < 4.78 is 101. The van der Waals surface area contributed by atoms with Crippen LogP contribution in [0.4, 0.5) is 0 Å². The molecule has 0 bridgehead atoms. The molecule has 5 heterocycles. The average Bonchev–Trinajstić information content (AvgIpc) is 1.85. The molecule has 0 amide bonds. The summed E-state index contributed by atoms with van der Waals surface area (Å²) in [5.74, 6) is -0.919. The van der Waals surface area contributed by atoms with Crippen molar-refractivity contribution < 1.29 is 141 Å². The van der Waals surface area contributed by atoms with Crippen LogP contribution in [0, 0.1) is 46.3 Å². The van der Waals surface area contributed by atoms with Crippen LogP contribution < -0.4 is 0 Å². The Morgan fingerprint density at radius 1 is 0.586 bits per heavy atom. The maximum atomic E-state index is 13.3. The highest BCUT2D eigenvalue weighted by Crippen LogP contribution is 2.67. The topological polar surface area (TPSA) is 456 Å². The Morgan fingerprint density at radius 2 is 1.10 bits per heavy atom. The zero-order valence-electron chi connectivity index (χ0n) is 50.1. The van der Waals surface area contributed by atoms with Crippen LogP contribution >= 0.6 is 0 Å². The van der Waals surface area contributed by atoms with Crippen LogP contribution in [0.5, 0.6) is 0 Å². The molecular weight excluding hydrogens is 1180 g/mol. The van der Waals surface area contributed by atoms with Gasteiger partial charge in [0.2, 0.25) is 0 Å². The van der Waals surface area contributed by atoms with E-state index in [1.54, 1.807) is 13.8 Å². The molecule has 502 valence electrons. The minimum absolute atomic E-state index is 0.0520. The van der Waals surface area contributed by atoms with E-state index in [2.05, 4.69) is 26.8 Å². The Kier molecular flexibility index (Phi) is 21.9. The fourth-order valence-electron chi connectivity index (χ4n) is 15.9. The van der Waals surface area contributed by atoms with E-state index < -0.39 is 207 Å². The van der Waals surface area contributed by atoms with Crippen LogP contribution in [-0.4, -0.2) is 275 Å². The van der Waals surface area contributed by atoms with Crippen LogP contribution in [0.1, 0.15) is 107 Å². The number of carbonyl (C=O) groups is 1. The van der Waals surface area contributed by atoms with E-state index in [4.69, 9.17) is 51.6 Å². The standard InChI is InChI=1S/C57H94O29S/c1-20(2)35(61)31(60)15-21(3)27-9-10-28-26-17-32(30-16-25(86-87(73,74)75)11-13-57(30,8)29(26)12-14-56(27,28)7)79-53-46(72)48(38(64)24(6)78-53)83-55-50(85-52-44(70)41(67)37(63)23(5)77-52)45(71)47(34(19-59)81-55)82-54-49(42(68)39(65)33(18-58)80-54)84-51-43(69)40(66)36(62)22(4)76-51/h12,20-28,30,32-55,58-59,61-72H,9-11,13-19H2,1-8H3,(H,73,74,75)/t21-,22-,23-,24-,25+,26+,27-,28+,30-,32+,33-,34-,35?,36+,37-,38-,39-,40+,41+,42+,43-,44-,45+,46-,47-,48+,49-,50-,51+,52+,53+,54+,55+,56-,57-/m1/s1. The van der Waals surface area contributed by atoms with Gasteiger partial charge < -0.3 is 119 Å². The number of aliphatic hydroxyl groups excluding tert-OH is 14. The summed E-state index contributed by atoms with van der Waals surface area (Å²) in [7, 11) is -4.90. The van der Waals surface area contributed by atoms with Crippen molar-refractivity contribution in [2.24, 2.45) is 46.3 Å². The van der Waals surface area contributed by atoms with Crippen molar-refractivity contribution in [3.8, 4) is 0 Å². The Bertz CT molecular complexity index is 2460. The molecule has 5 saturated heterocycles. The maximum absolute atomic E-state index is 13.3. The van der Waals surface area contributed by atoms with Crippen molar-refractivity contribution in [1.29, 1.82) is 0 Å². The Hall–Kier alpha value is -1.68. The van der Waals surface area contributed by atoms with Crippen molar-refractivity contribution in [3.63, 3.8) is 0 Å². The molecule has 29 nitrogen and oxygen atoms in total. The van der Waals surface area contributed by atoms with Gasteiger partial charge in [-0.25, -0.2) is 4.18 Å². The second kappa shape index (κ2) is 27.3. The van der Waals surface area contributed by atoms with Gasteiger partial charge in [0.25, 0.3) is 0 Å². The maximum Gasteiger partial charge on any atom is 0.397 e. The highest BCUT2D eigenvalue weighted by molar-refractivity contribution is 7.80. The lowest BCUT2D eigenvalue weighted by atomic mass is 9.47. The van der Waals surface area contributed by atoms with Gasteiger partial charge in [-0.1, -0.05) is 46.3 Å². The molecule has 0 aromatic rings. The highest BCUT2D eigenvalue weighted by atomic mass is 32.3. The van der Waals surface area contributed by atoms with Crippen LogP contribution in [-0.2, 0) is 66.7 Å². The second-order valence-electron chi connectivity index (χ2n) is 26.8. The lowest BCUT2D eigenvalue weighted by Gasteiger charge is -2.59. The normalized spacial score (nSPS) is 51.2. The summed E-state index contributed by atoms with van der Waals surface area (Å²) in [6.45, 7) is 12.2. The fourth-order valence-corrected chi connectivity index (χ4v) is 16.4. The number of rotatable bonds is 19. The summed E-state index contributed by atoms with van der Waals surface area (Å²) in [5.41, 5.74) is 0.248. The highest BCUT2D eigenvalue weighted by Gasteiger charge is 2.63. The minimum atomic E-state index is -4.90. The molecule has 30 heteroatoms. The smallest absolute Gasteiger partial charge is 0.394 e. The van der Waals surface area contributed by atoms with Gasteiger partial charge in [-0.15, -0.1) is 0 Å². The van der Waals surface area contributed by atoms with Crippen molar-refractivity contribution >= 4 is 16.2 Å². The van der Waals surface area contributed by atoms with Crippen molar-refractivity contribution in [3.05, 3.63) is 11.6 Å². The molecule has 87 heavy (non-hydrogen) atoms. The van der Waals surface area contributed by atoms with Crippen LogP contribution in [0.25, 0.3) is 0 Å². The van der Waals surface area contributed by atoms with Crippen LogP contribution in [0.3, 0.4) is 0 Å². The molecule has 9 rings (SSSR count). The largest absolute Gasteiger partial charge is 0.397 e. The van der Waals surface area contributed by atoms with E-state index in [0.717, 1.165) is 12.8 Å². The third kappa shape index (κ3) is 13.7. The number of aliphatic hydroxyl groups is 14. The van der Waals surface area contributed by atoms with E-state index in [9.17, 15) is 89.3 Å². The predicted octanol–water partition coefficient (Wildman–Crippen LogP) is -3.46. The Labute approximate surface area is 505 Å². The van der Waals surface area contributed by atoms with Gasteiger partial charge in [-0.3, -0.25) is 9.35 Å². The molecule has 1 unspecified atom stereocenters. The van der Waals surface area contributed by atoms with Gasteiger partial charge in [0.15, 0.2) is 37.2 Å². The first-order valence-corrected chi connectivity index (χ1v) is 31.9. The number of ketones is 1. The molecule has 0 spiro atoms. The molecule has 5 aliphatic heterocycles. The first-order chi connectivity index (χ1) is 40.7. The molecule has 0 aromatic carbocycles. The molecular formula is C57H94O29S. The Morgan fingerprint density at radius 3 is 1.66 bits per heavy atom. The van der Waals surface area contributed by atoms with Gasteiger partial charge >= 0.3 is 10.4 Å². The molecule has 3 saturated carbocycles. The molecule has 15 N–H and O–H groups in total. The number of hydrogen-bond acceptors (Lipinski definition) is 28. The van der Waals surface area contributed by atoms with Gasteiger partial charge in [0, 0.05) is 6.42 Å². The zero-order valence-corrected chi connectivity index (χ0v) is 50.9. The zero-order chi connectivity index (χ0) is 63.8. The van der Waals surface area contributed by atoms with Crippen molar-refractivity contribution in [1.82, 2.24) is 0 Å². The lowest BCUT2D eigenvalue weighted by Crippen LogP contribution is -2.69.